The Hall–Kier alpha value is -3.58. The van der Waals surface area contributed by atoms with Crippen LogP contribution in [0.25, 0.3) is 0 Å². The minimum absolute atomic E-state index is 0.0433. The number of benzene rings is 3. The normalized spacial score (nSPS) is 18.8. The van der Waals surface area contributed by atoms with Gasteiger partial charge in [-0.3, -0.25) is 19.3 Å². The molecule has 2 aliphatic heterocycles. The number of nitrogens with zero attached hydrogens (tertiary/aromatic N) is 1. The molecule has 3 aromatic rings. The number of fused-ring (bicyclic) bond motifs is 3. The summed E-state index contributed by atoms with van der Waals surface area (Å²) in [5.41, 5.74) is 3.32. The number of para-hydroxylation sites is 1. The highest BCUT2D eigenvalue weighted by atomic mass is 32.2. The summed E-state index contributed by atoms with van der Waals surface area (Å²) >= 11 is 1.43. The van der Waals surface area contributed by atoms with Gasteiger partial charge in [-0.1, -0.05) is 48.2 Å². The molecule has 0 radical (unpaired) electrons. The Balaban J connectivity index is 1.40. The van der Waals surface area contributed by atoms with Crippen molar-refractivity contribution in [1.29, 1.82) is 0 Å². The van der Waals surface area contributed by atoms with Gasteiger partial charge in [0.1, 0.15) is 0 Å². The lowest BCUT2D eigenvalue weighted by Gasteiger charge is -2.30. The molecular formula is C25H21N3O3S. The van der Waals surface area contributed by atoms with Crippen LogP contribution in [0.5, 0.6) is 0 Å². The van der Waals surface area contributed by atoms with E-state index in [0.717, 1.165) is 16.1 Å². The molecule has 0 aliphatic carbocycles. The molecule has 3 amide bonds. The largest absolute Gasteiger partial charge is 0.323 e. The van der Waals surface area contributed by atoms with Crippen LogP contribution in [0.15, 0.2) is 77.7 Å². The van der Waals surface area contributed by atoms with Crippen LogP contribution in [0, 0.1) is 6.92 Å². The van der Waals surface area contributed by atoms with Gasteiger partial charge in [0, 0.05) is 28.3 Å². The Morgan fingerprint density at radius 1 is 0.906 bits per heavy atom. The minimum Gasteiger partial charge on any atom is -0.323 e. The van der Waals surface area contributed by atoms with E-state index < -0.39 is 4.87 Å². The van der Waals surface area contributed by atoms with Gasteiger partial charge in [0.15, 0.2) is 4.87 Å². The number of nitrogens with one attached hydrogen (secondary N) is 2. The fourth-order valence-corrected chi connectivity index (χ4v) is 5.62. The smallest absolute Gasteiger partial charge is 0.261 e. The van der Waals surface area contributed by atoms with E-state index in [9.17, 15) is 14.4 Å². The monoisotopic (exact) mass is 443 g/mol. The van der Waals surface area contributed by atoms with Crippen molar-refractivity contribution in [3.8, 4) is 0 Å². The number of rotatable bonds is 4. The van der Waals surface area contributed by atoms with E-state index in [0.29, 0.717) is 29.8 Å². The quantitative estimate of drug-likeness (QED) is 0.606. The van der Waals surface area contributed by atoms with Crippen LogP contribution >= 0.6 is 11.8 Å². The SMILES string of the molecule is Cc1c(NC(=O)c2ccccc2)cccc1NC(=O)C12CCC(=O)N1c1ccccc1S2. The summed E-state index contributed by atoms with van der Waals surface area (Å²) in [5.74, 6) is -0.498. The molecule has 3 aromatic carbocycles. The molecule has 1 unspecified atom stereocenters. The summed E-state index contributed by atoms with van der Waals surface area (Å²) < 4.78 is 0. The molecule has 6 nitrogen and oxygen atoms in total. The molecule has 1 fully saturated rings. The first-order valence-electron chi connectivity index (χ1n) is 10.4. The maximum Gasteiger partial charge on any atom is 0.261 e. The summed E-state index contributed by atoms with van der Waals surface area (Å²) in [5, 5.41) is 5.93. The number of anilines is 3. The Bertz CT molecular complexity index is 1240. The highest BCUT2D eigenvalue weighted by Crippen LogP contribution is 2.56. The lowest BCUT2D eigenvalue weighted by molar-refractivity contribution is -0.121. The van der Waals surface area contributed by atoms with E-state index in [1.807, 2.05) is 49.4 Å². The molecule has 7 heteroatoms. The minimum atomic E-state index is -0.990. The third-order valence-corrected chi connectivity index (χ3v) is 7.37. The van der Waals surface area contributed by atoms with Gasteiger partial charge in [-0.25, -0.2) is 0 Å². The maximum atomic E-state index is 13.5. The van der Waals surface area contributed by atoms with Gasteiger partial charge in [-0.05, 0) is 55.3 Å². The zero-order chi connectivity index (χ0) is 22.3. The summed E-state index contributed by atoms with van der Waals surface area (Å²) in [7, 11) is 0. The third-order valence-electron chi connectivity index (χ3n) is 5.89. The summed E-state index contributed by atoms with van der Waals surface area (Å²) in [6.07, 6.45) is 0.779. The second-order valence-corrected chi connectivity index (χ2v) is 9.16. The fourth-order valence-electron chi connectivity index (χ4n) is 4.21. The van der Waals surface area contributed by atoms with Crippen LogP contribution in [0.2, 0.25) is 0 Å². The van der Waals surface area contributed by atoms with Gasteiger partial charge in [0.25, 0.3) is 11.8 Å². The molecular weight excluding hydrogens is 422 g/mol. The number of amides is 3. The van der Waals surface area contributed by atoms with E-state index in [1.54, 1.807) is 35.2 Å². The second-order valence-electron chi connectivity index (χ2n) is 7.84. The number of hydrogen-bond donors (Lipinski definition) is 2. The number of thioether (sulfide) groups is 1. The first kappa shape index (κ1) is 20.3. The number of carbonyl (C=O) groups excluding carboxylic acids is 3. The van der Waals surface area contributed by atoms with Gasteiger partial charge in [-0.2, -0.15) is 0 Å². The molecule has 0 bridgehead atoms. The predicted octanol–water partition coefficient (Wildman–Crippen LogP) is 4.81. The van der Waals surface area contributed by atoms with Crippen molar-refractivity contribution in [2.75, 3.05) is 15.5 Å². The summed E-state index contributed by atoms with van der Waals surface area (Å²) in [4.78, 5) is 40.3. The molecule has 5 rings (SSSR count). The lowest BCUT2D eigenvalue weighted by Crippen LogP contribution is -2.49. The average molecular weight is 444 g/mol. The molecule has 1 atom stereocenters. The molecule has 1 saturated heterocycles. The van der Waals surface area contributed by atoms with Crippen LogP contribution in [0.1, 0.15) is 28.8 Å². The predicted molar refractivity (Wildman–Crippen MR) is 126 cm³/mol. The molecule has 0 aromatic heterocycles. The molecule has 2 aliphatic rings. The first-order chi connectivity index (χ1) is 15.5. The highest BCUT2D eigenvalue weighted by Gasteiger charge is 2.57. The van der Waals surface area contributed by atoms with Gasteiger partial charge in [0.2, 0.25) is 5.91 Å². The summed E-state index contributed by atoms with van der Waals surface area (Å²) in [6.45, 7) is 1.85. The fraction of sp³-hybridized carbons (Fsp3) is 0.160. The van der Waals surface area contributed by atoms with E-state index in [-0.39, 0.29) is 17.7 Å². The molecule has 0 spiro atoms. The maximum absolute atomic E-state index is 13.5. The van der Waals surface area contributed by atoms with Crippen LogP contribution in [-0.4, -0.2) is 22.6 Å². The van der Waals surface area contributed by atoms with Crippen LogP contribution in [0.4, 0.5) is 17.1 Å². The number of carbonyl (C=O) groups is 3. The highest BCUT2D eigenvalue weighted by molar-refractivity contribution is 8.02. The van der Waals surface area contributed by atoms with Crippen molar-refractivity contribution < 1.29 is 14.4 Å². The molecule has 32 heavy (non-hydrogen) atoms. The molecule has 0 saturated carbocycles. The average Bonchev–Trinajstić information content (AvgIpc) is 3.32. The molecule has 2 N–H and O–H groups in total. The molecule has 160 valence electrons. The zero-order valence-electron chi connectivity index (χ0n) is 17.4. The Labute approximate surface area is 190 Å². The van der Waals surface area contributed by atoms with Gasteiger partial charge in [0.05, 0.1) is 5.69 Å². The van der Waals surface area contributed by atoms with Crippen molar-refractivity contribution in [2.24, 2.45) is 0 Å². The van der Waals surface area contributed by atoms with Crippen molar-refractivity contribution in [3.63, 3.8) is 0 Å². The van der Waals surface area contributed by atoms with Crippen LogP contribution < -0.4 is 15.5 Å². The van der Waals surface area contributed by atoms with Gasteiger partial charge in [-0.15, -0.1) is 0 Å². The Kier molecular flexibility index (Phi) is 4.98. The number of hydrogen-bond acceptors (Lipinski definition) is 4. The van der Waals surface area contributed by atoms with Crippen LogP contribution in [-0.2, 0) is 9.59 Å². The zero-order valence-corrected chi connectivity index (χ0v) is 18.2. The third kappa shape index (κ3) is 3.26. The van der Waals surface area contributed by atoms with Gasteiger partial charge < -0.3 is 10.6 Å². The standard InChI is InChI=1S/C25H21N3O3S/c1-16-18(26-23(30)17-8-3-2-4-9-17)10-7-11-19(16)27-24(31)25-15-14-22(29)28(25)20-12-5-6-13-21(20)32-25/h2-13H,14-15H2,1H3,(H,26,30)(H,27,31). The van der Waals surface area contributed by atoms with E-state index in [4.69, 9.17) is 0 Å². The van der Waals surface area contributed by atoms with Crippen LogP contribution in [0.3, 0.4) is 0 Å². The Morgan fingerprint density at radius 3 is 2.38 bits per heavy atom. The van der Waals surface area contributed by atoms with Crippen molar-refractivity contribution >= 4 is 46.5 Å². The van der Waals surface area contributed by atoms with E-state index >= 15 is 0 Å². The van der Waals surface area contributed by atoms with E-state index in [2.05, 4.69) is 10.6 Å². The van der Waals surface area contributed by atoms with Crippen molar-refractivity contribution in [2.45, 2.75) is 29.5 Å². The van der Waals surface area contributed by atoms with E-state index in [1.165, 1.54) is 11.8 Å². The lowest BCUT2D eigenvalue weighted by atomic mass is 10.1. The second kappa shape index (κ2) is 7.84. The van der Waals surface area contributed by atoms with Crippen molar-refractivity contribution in [3.05, 3.63) is 83.9 Å². The van der Waals surface area contributed by atoms with Gasteiger partial charge >= 0.3 is 0 Å². The molecule has 2 heterocycles. The topological polar surface area (TPSA) is 78.5 Å². The first-order valence-corrected chi connectivity index (χ1v) is 11.2. The van der Waals surface area contributed by atoms with Crippen molar-refractivity contribution in [1.82, 2.24) is 0 Å². The Morgan fingerprint density at radius 2 is 1.59 bits per heavy atom. The summed E-state index contributed by atoms with van der Waals surface area (Å²) in [6, 6.07) is 22.0.